The minimum atomic E-state index is -0.680. The van der Waals surface area contributed by atoms with Gasteiger partial charge in [-0.15, -0.1) is 11.8 Å². The third kappa shape index (κ3) is 6.21. The van der Waals surface area contributed by atoms with Gasteiger partial charge in [-0.2, -0.15) is 0 Å². The van der Waals surface area contributed by atoms with Gasteiger partial charge in [0.25, 0.3) is 0 Å². The molecular weight excluding hydrogens is 526 g/mol. The number of carbonyl (C=O) groups is 2. The first-order valence-electron chi connectivity index (χ1n) is 12.7. The summed E-state index contributed by atoms with van der Waals surface area (Å²) in [5, 5.41) is 11.5. The Bertz CT molecular complexity index is 1460. The number of hydrogen-bond acceptors (Lipinski definition) is 6. The Hall–Kier alpha value is -3.53. The SMILES string of the molecule is CCOC(=O)c1c(CSc2ccc(F)cc2F)n(C)c2cc(C3=CCN(C(=O)OC(C)(C)C)CC3)c(O)cc12. The number of rotatable bonds is 6. The van der Waals surface area contributed by atoms with Gasteiger partial charge in [0.05, 0.1) is 12.2 Å². The smallest absolute Gasteiger partial charge is 0.410 e. The second-order valence-corrected chi connectivity index (χ2v) is 11.3. The van der Waals surface area contributed by atoms with Crippen molar-refractivity contribution in [1.82, 2.24) is 9.47 Å². The maximum absolute atomic E-state index is 14.3. The van der Waals surface area contributed by atoms with Crippen LogP contribution in [0, 0.1) is 11.6 Å². The minimum Gasteiger partial charge on any atom is -0.507 e. The van der Waals surface area contributed by atoms with Gasteiger partial charge in [-0.25, -0.2) is 18.4 Å². The van der Waals surface area contributed by atoms with Crippen molar-refractivity contribution in [3.8, 4) is 5.75 Å². The van der Waals surface area contributed by atoms with Crippen LogP contribution in [0.5, 0.6) is 5.75 Å². The Morgan fingerprint density at radius 3 is 2.51 bits per heavy atom. The Balaban J connectivity index is 1.69. The predicted octanol–water partition coefficient (Wildman–Crippen LogP) is 6.66. The molecule has 208 valence electrons. The summed E-state index contributed by atoms with van der Waals surface area (Å²) in [6, 6.07) is 6.73. The van der Waals surface area contributed by atoms with E-state index in [0.29, 0.717) is 47.2 Å². The molecule has 2 aromatic carbocycles. The number of fused-ring (bicyclic) bond motifs is 1. The third-order valence-electron chi connectivity index (χ3n) is 6.38. The second-order valence-electron chi connectivity index (χ2n) is 10.3. The van der Waals surface area contributed by atoms with Crippen molar-refractivity contribution in [3.63, 3.8) is 0 Å². The summed E-state index contributed by atoms with van der Waals surface area (Å²) in [5.74, 6) is -1.68. The number of benzene rings is 2. The fourth-order valence-corrected chi connectivity index (χ4v) is 5.52. The first kappa shape index (κ1) is 28.5. The van der Waals surface area contributed by atoms with Crippen LogP contribution in [0.2, 0.25) is 0 Å². The first-order chi connectivity index (χ1) is 18.4. The van der Waals surface area contributed by atoms with Crippen LogP contribution >= 0.6 is 11.8 Å². The molecule has 7 nitrogen and oxygen atoms in total. The predicted molar refractivity (Wildman–Crippen MR) is 147 cm³/mol. The van der Waals surface area contributed by atoms with E-state index in [1.165, 1.54) is 12.1 Å². The van der Waals surface area contributed by atoms with E-state index in [4.69, 9.17) is 9.47 Å². The molecule has 2 heterocycles. The van der Waals surface area contributed by atoms with Gasteiger partial charge in [-0.05, 0) is 64.0 Å². The lowest BCUT2D eigenvalue weighted by molar-refractivity contribution is 0.0270. The fraction of sp³-hybridized carbons (Fsp3) is 0.379. The number of aryl methyl sites for hydroxylation is 1. The van der Waals surface area contributed by atoms with Crippen molar-refractivity contribution in [2.75, 3.05) is 19.7 Å². The summed E-state index contributed by atoms with van der Waals surface area (Å²) in [6.45, 7) is 8.10. The average Bonchev–Trinajstić information content (AvgIpc) is 3.12. The lowest BCUT2D eigenvalue weighted by Crippen LogP contribution is -2.39. The molecule has 0 bridgehead atoms. The zero-order chi connectivity index (χ0) is 28.5. The number of thioether (sulfide) groups is 1. The van der Waals surface area contributed by atoms with Crippen molar-refractivity contribution in [2.45, 2.75) is 50.4 Å². The Kier molecular flexibility index (Phi) is 8.25. The van der Waals surface area contributed by atoms with Crippen LogP contribution in [0.1, 0.15) is 55.7 Å². The molecule has 0 saturated heterocycles. The second kappa shape index (κ2) is 11.3. The molecule has 1 N–H and O–H groups in total. The number of esters is 1. The normalized spacial score (nSPS) is 13.9. The molecule has 3 aromatic rings. The van der Waals surface area contributed by atoms with E-state index in [2.05, 4.69) is 0 Å². The first-order valence-corrected chi connectivity index (χ1v) is 13.6. The minimum absolute atomic E-state index is 0.000557. The van der Waals surface area contributed by atoms with Gasteiger partial charge in [-0.3, -0.25) is 0 Å². The van der Waals surface area contributed by atoms with Crippen LogP contribution in [0.25, 0.3) is 16.5 Å². The number of carbonyl (C=O) groups excluding carboxylic acids is 2. The quantitative estimate of drug-likeness (QED) is 0.269. The van der Waals surface area contributed by atoms with Gasteiger partial charge in [0.15, 0.2) is 0 Å². The lowest BCUT2D eigenvalue weighted by Gasteiger charge is -2.29. The number of amides is 1. The largest absolute Gasteiger partial charge is 0.507 e. The molecular formula is C29H32F2N2O5S. The molecule has 1 aromatic heterocycles. The van der Waals surface area contributed by atoms with E-state index in [1.54, 1.807) is 24.9 Å². The van der Waals surface area contributed by atoms with E-state index < -0.39 is 29.3 Å². The highest BCUT2D eigenvalue weighted by Gasteiger charge is 2.27. The molecule has 0 fully saturated rings. The Labute approximate surface area is 230 Å². The average molecular weight is 559 g/mol. The van der Waals surface area contributed by atoms with Gasteiger partial charge in [0.2, 0.25) is 0 Å². The van der Waals surface area contributed by atoms with E-state index >= 15 is 0 Å². The standard InChI is InChI=1S/C29H32F2N2O5S/c1-6-37-27(35)26-20-15-24(34)19(17-9-11-33(12-10-17)28(36)38-29(2,3)4)14-22(20)32(5)23(26)16-39-25-8-7-18(30)13-21(25)31/h7-9,13-15,34H,6,10-12,16H2,1-5H3. The molecule has 0 aliphatic carbocycles. The summed E-state index contributed by atoms with van der Waals surface area (Å²) in [4.78, 5) is 27.3. The van der Waals surface area contributed by atoms with Crippen LogP contribution in [0.4, 0.5) is 13.6 Å². The highest BCUT2D eigenvalue weighted by Crippen LogP contribution is 2.38. The number of aromatic nitrogens is 1. The molecule has 0 spiro atoms. The van der Waals surface area contributed by atoms with Gasteiger partial charge < -0.3 is 24.0 Å². The number of halogens is 2. The van der Waals surface area contributed by atoms with Gasteiger partial charge in [-0.1, -0.05) is 6.08 Å². The van der Waals surface area contributed by atoms with Crippen molar-refractivity contribution >= 4 is 40.3 Å². The van der Waals surface area contributed by atoms with Crippen LogP contribution in [-0.2, 0) is 22.3 Å². The molecule has 4 rings (SSSR count). The van der Waals surface area contributed by atoms with E-state index in [-0.39, 0.29) is 23.0 Å². The number of nitrogens with zero attached hydrogens (tertiary/aromatic N) is 2. The number of phenols is 1. The molecule has 0 unspecified atom stereocenters. The third-order valence-corrected chi connectivity index (χ3v) is 7.44. The van der Waals surface area contributed by atoms with Gasteiger partial charge >= 0.3 is 12.1 Å². The molecule has 1 aliphatic heterocycles. The van der Waals surface area contributed by atoms with Crippen molar-refractivity contribution in [2.24, 2.45) is 7.05 Å². The maximum atomic E-state index is 14.3. The van der Waals surface area contributed by atoms with E-state index in [0.717, 1.165) is 23.4 Å². The number of hydrogen-bond donors (Lipinski definition) is 1. The number of ether oxygens (including phenoxy) is 2. The molecule has 10 heteroatoms. The van der Waals surface area contributed by atoms with Crippen LogP contribution < -0.4 is 0 Å². The van der Waals surface area contributed by atoms with Crippen LogP contribution in [0.3, 0.4) is 0 Å². The summed E-state index contributed by atoms with van der Waals surface area (Å²) >= 11 is 1.14. The summed E-state index contributed by atoms with van der Waals surface area (Å²) in [7, 11) is 1.79. The van der Waals surface area contributed by atoms with Crippen LogP contribution in [0.15, 0.2) is 41.3 Å². The van der Waals surface area contributed by atoms with Crippen molar-refractivity contribution in [1.29, 1.82) is 0 Å². The fourth-order valence-electron chi connectivity index (χ4n) is 4.52. The highest BCUT2D eigenvalue weighted by molar-refractivity contribution is 7.98. The van der Waals surface area contributed by atoms with Gasteiger partial charge in [0.1, 0.15) is 23.0 Å². The Morgan fingerprint density at radius 1 is 1.15 bits per heavy atom. The molecule has 1 amide bonds. The van der Waals surface area contributed by atoms with Crippen molar-refractivity contribution in [3.05, 3.63) is 64.9 Å². The van der Waals surface area contributed by atoms with Crippen LogP contribution in [-0.4, -0.2) is 51.9 Å². The lowest BCUT2D eigenvalue weighted by atomic mass is 9.97. The molecule has 0 radical (unpaired) electrons. The molecule has 0 atom stereocenters. The molecule has 1 aliphatic rings. The molecule has 0 saturated carbocycles. The maximum Gasteiger partial charge on any atom is 0.410 e. The summed E-state index contributed by atoms with van der Waals surface area (Å²) < 4.78 is 40.2. The topological polar surface area (TPSA) is 81.0 Å². The summed E-state index contributed by atoms with van der Waals surface area (Å²) in [5.41, 5.74) is 2.45. The summed E-state index contributed by atoms with van der Waals surface area (Å²) in [6.07, 6.45) is 2.01. The zero-order valence-corrected chi connectivity index (χ0v) is 23.5. The van der Waals surface area contributed by atoms with E-state index in [1.807, 2.05) is 37.5 Å². The van der Waals surface area contributed by atoms with Gasteiger partial charge in [0, 0.05) is 59.0 Å². The number of aromatic hydroxyl groups is 1. The number of phenolic OH excluding ortho intramolecular Hbond substituents is 1. The van der Waals surface area contributed by atoms with Crippen molar-refractivity contribution < 1.29 is 33.0 Å². The van der Waals surface area contributed by atoms with E-state index in [9.17, 15) is 23.5 Å². The zero-order valence-electron chi connectivity index (χ0n) is 22.6. The Morgan fingerprint density at radius 2 is 1.90 bits per heavy atom. The molecule has 39 heavy (non-hydrogen) atoms. The monoisotopic (exact) mass is 558 g/mol. The highest BCUT2D eigenvalue weighted by atomic mass is 32.2.